The molecule has 1 atom stereocenters. The Kier molecular flexibility index (Phi) is 5.86. The van der Waals surface area contributed by atoms with Crippen LogP contribution in [0.3, 0.4) is 0 Å². The van der Waals surface area contributed by atoms with Crippen molar-refractivity contribution in [1.29, 1.82) is 0 Å². The first kappa shape index (κ1) is 18.4. The summed E-state index contributed by atoms with van der Waals surface area (Å²) in [6.07, 6.45) is 1.88. The number of amides is 2. The number of hydrogen-bond donors (Lipinski definition) is 1. The quantitative estimate of drug-likeness (QED) is 0.855. The molecule has 0 saturated carbocycles. The number of nitrogens with zero attached hydrogens (tertiary/aromatic N) is 1. The smallest absolute Gasteiger partial charge is 0.317 e. The van der Waals surface area contributed by atoms with Crippen molar-refractivity contribution in [2.24, 2.45) is 5.92 Å². The molecule has 0 aromatic heterocycles. The second-order valence-electron chi connectivity index (χ2n) is 6.76. The summed E-state index contributed by atoms with van der Waals surface area (Å²) in [7, 11) is 0. The SMILES string of the molecule is CCNC(=O)N1CCCC(C(c2ccc(F)cc2)c2ccc(F)cc2)C1. The summed E-state index contributed by atoms with van der Waals surface area (Å²) in [6.45, 7) is 3.87. The van der Waals surface area contributed by atoms with E-state index in [1.54, 1.807) is 24.3 Å². The molecule has 1 unspecified atom stereocenters. The number of carbonyl (C=O) groups excluding carboxylic acids is 1. The Balaban J connectivity index is 1.90. The number of halogens is 2. The van der Waals surface area contributed by atoms with Crippen LogP contribution in [0.2, 0.25) is 0 Å². The number of nitrogens with one attached hydrogen (secondary N) is 1. The zero-order chi connectivity index (χ0) is 18.5. The van der Waals surface area contributed by atoms with E-state index in [4.69, 9.17) is 0 Å². The van der Waals surface area contributed by atoms with Gasteiger partial charge in [0.05, 0.1) is 0 Å². The van der Waals surface area contributed by atoms with Gasteiger partial charge in [0.15, 0.2) is 0 Å². The minimum absolute atomic E-state index is 0.00609. The maximum atomic E-state index is 13.4. The topological polar surface area (TPSA) is 32.3 Å². The Bertz CT molecular complexity index is 685. The molecule has 0 aliphatic carbocycles. The lowest BCUT2D eigenvalue weighted by Crippen LogP contribution is -2.46. The molecule has 2 amide bonds. The molecule has 0 radical (unpaired) electrons. The van der Waals surface area contributed by atoms with Gasteiger partial charge in [0.25, 0.3) is 0 Å². The van der Waals surface area contributed by atoms with Crippen molar-refractivity contribution in [3.05, 3.63) is 71.3 Å². The zero-order valence-corrected chi connectivity index (χ0v) is 14.9. The lowest BCUT2D eigenvalue weighted by Gasteiger charge is -2.37. The van der Waals surface area contributed by atoms with E-state index in [1.165, 1.54) is 24.3 Å². The zero-order valence-electron chi connectivity index (χ0n) is 14.9. The van der Waals surface area contributed by atoms with Crippen molar-refractivity contribution < 1.29 is 13.6 Å². The Morgan fingerprint density at radius 3 is 2.12 bits per heavy atom. The van der Waals surface area contributed by atoms with Crippen LogP contribution in [0, 0.1) is 17.6 Å². The normalized spacial score (nSPS) is 17.4. The number of piperidine rings is 1. The Hall–Kier alpha value is -2.43. The number of hydrogen-bond acceptors (Lipinski definition) is 1. The highest BCUT2D eigenvalue weighted by Crippen LogP contribution is 2.37. The van der Waals surface area contributed by atoms with Crippen LogP contribution in [-0.4, -0.2) is 30.6 Å². The van der Waals surface area contributed by atoms with Crippen LogP contribution in [-0.2, 0) is 0 Å². The molecule has 2 aromatic carbocycles. The number of carbonyl (C=O) groups is 1. The van der Waals surface area contributed by atoms with Gasteiger partial charge in [0.1, 0.15) is 11.6 Å². The average molecular weight is 358 g/mol. The first-order valence-corrected chi connectivity index (χ1v) is 9.12. The summed E-state index contributed by atoms with van der Waals surface area (Å²) in [5, 5.41) is 2.86. The largest absolute Gasteiger partial charge is 0.338 e. The number of rotatable bonds is 4. The van der Waals surface area contributed by atoms with Crippen LogP contribution >= 0.6 is 0 Å². The average Bonchev–Trinajstić information content (AvgIpc) is 2.65. The minimum Gasteiger partial charge on any atom is -0.338 e. The van der Waals surface area contributed by atoms with Crippen LogP contribution in [0.15, 0.2) is 48.5 Å². The lowest BCUT2D eigenvalue weighted by atomic mass is 9.77. The number of likely N-dealkylation sites (tertiary alicyclic amines) is 1. The van der Waals surface area contributed by atoms with Gasteiger partial charge in [-0.15, -0.1) is 0 Å². The van der Waals surface area contributed by atoms with E-state index in [9.17, 15) is 13.6 Å². The fraction of sp³-hybridized carbons (Fsp3) is 0.381. The summed E-state index contributed by atoms with van der Waals surface area (Å²) >= 11 is 0. The third-order valence-electron chi connectivity index (χ3n) is 5.00. The van der Waals surface area contributed by atoms with Gasteiger partial charge in [-0.1, -0.05) is 24.3 Å². The van der Waals surface area contributed by atoms with Crippen molar-refractivity contribution in [3.63, 3.8) is 0 Å². The van der Waals surface area contributed by atoms with Crippen LogP contribution in [0.1, 0.15) is 36.8 Å². The molecule has 2 aromatic rings. The standard InChI is InChI=1S/C21H24F2N2O/c1-2-24-21(26)25-13-3-4-17(14-25)20(15-5-9-18(22)10-6-15)16-7-11-19(23)12-8-16/h5-12,17,20H,2-4,13-14H2,1H3,(H,24,26). The number of urea groups is 1. The van der Waals surface area contributed by atoms with Gasteiger partial charge < -0.3 is 10.2 Å². The molecule has 1 N–H and O–H groups in total. The predicted octanol–water partition coefficient (Wildman–Crippen LogP) is 4.54. The van der Waals surface area contributed by atoms with Crippen molar-refractivity contribution in [3.8, 4) is 0 Å². The summed E-state index contributed by atoms with van der Waals surface area (Å²) in [6, 6.07) is 12.9. The van der Waals surface area contributed by atoms with E-state index >= 15 is 0 Å². The highest BCUT2D eigenvalue weighted by Gasteiger charge is 2.31. The summed E-state index contributed by atoms with van der Waals surface area (Å²) in [4.78, 5) is 14.1. The molecular formula is C21H24F2N2O. The minimum atomic E-state index is -0.279. The molecule has 0 bridgehead atoms. The summed E-state index contributed by atoms with van der Waals surface area (Å²) in [5.41, 5.74) is 1.97. The summed E-state index contributed by atoms with van der Waals surface area (Å²) in [5.74, 6) is -0.367. The van der Waals surface area contributed by atoms with Crippen LogP contribution in [0.25, 0.3) is 0 Å². The first-order chi connectivity index (χ1) is 12.6. The molecule has 1 saturated heterocycles. The van der Waals surface area contributed by atoms with E-state index < -0.39 is 0 Å². The Labute approximate surface area is 153 Å². The molecule has 138 valence electrons. The maximum absolute atomic E-state index is 13.4. The van der Waals surface area contributed by atoms with Crippen molar-refractivity contribution in [2.45, 2.75) is 25.7 Å². The number of benzene rings is 2. The lowest BCUT2D eigenvalue weighted by molar-refractivity contribution is 0.160. The molecule has 0 spiro atoms. The predicted molar refractivity (Wildman–Crippen MR) is 98.0 cm³/mol. The van der Waals surface area contributed by atoms with Gasteiger partial charge in [0, 0.05) is 25.6 Å². The van der Waals surface area contributed by atoms with E-state index in [0.29, 0.717) is 13.1 Å². The van der Waals surface area contributed by atoms with Crippen molar-refractivity contribution in [2.75, 3.05) is 19.6 Å². The third-order valence-corrected chi connectivity index (χ3v) is 5.00. The van der Waals surface area contributed by atoms with E-state index in [1.807, 2.05) is 11.8 Å². The van der Waals surface area contributed by atoms with Gasteiger partial charge in [-0.3, -0.25) is 0 Å². The summed E-state index contributed by atoms with van der Waals surface area (Å²) < 4.78 is 26.8. The molecule has 1 aliphatic rings. The van der Waals surface area contributed by atoms with Gasteiger partial charge in [-0.2, -0.15) is 0 Å². The van der Waals surface area contributed by atoms with Gasteiger partial charge >= 0.3 is 6.03 Å². The maximum Gasteiger partial charge on any atom is 0.317 e. The molecule has 26 heavy (non-hydrogen) atoms. The van der Waals surface area contributed by atoms with Crippen molar-refractivity contribution >= 4 is 6.03 Å². The van der Waals surface area contributed by atoms with Crippen LogP contribution in [0.5, 0.6) is 0 Å². The molecule has 1 aliphatic heterocycles. The van der Waals surface area contributed by atoms with Gasteiger partial charge in [0.2, 0.25) is 0 Å². The van der Waals surface area contributed by atoms with E-state index in [2.05, 4.69) is 5.32 Å². The van der Waals surface area contributed by atoms with Crippen LogP contribution in [0.4, 0.5) is 13.6 Å². The third kappa shape index (κ3) is 4.21. The van der Waals surface area contributed by atoms with E-state index in [-0.39, 0.29) is 29.5 Å². The highest BCUT2D eigenvalue weighted by molar-refractivity contribution is 5.74. The van der Waals surface area contributed by atoms with Gasteiger partial charge in [-0.05, 0) is 61.1 Å². The Morgan fingerprint density at radius 1 is 1.08 bits per heavy atom. The fourth-order valence-electron chi connectivity index (χ4n) is 3.81. The first-order valence-electron chi connectivity index (χ1n) is 9.12. The van der Waals surface area contributed by atoms with Crippen molar-refractivity contribution in [1.82, 2.24) is 10.2 Å². The van der Waals surface area contributed by atoms with Crippen LogP contribution < -0.4 is 5.32 Å². The van der Waals surface area contributed by atoms with E-state index in [0.717, 1.165) is 30.5 Å². The Morgan fingerprint density at radius 2 is 1.62 bits per heavy atom. The second-order valence-corrected chi connectivity index (χ2v) is 6.76. The monoisotopic (exact) mass is 358 g/mol. The molecule has 3 rings (SSSR count). The molecule has 1 fully saturated rings. The molecule has 3 nitrogen and oxygen atoms in total. The molecule has 5 heteroatoms. The fourth-order valence-corrected chi connectivity index (χ4v) is 3.81. The highest BCUT2D eigenvalue weighted by atomic mass is 19.1. The molecular weight excluding hydrogens is 334 g/mol. The second kappa shape index (κ2) is 8.30. The van der Waals surface area contributed by atoms with Gasteiger partial charge in [-0.25, -0.2) is 13.6 Å². The molecule has 1 heterocycles.